The van der Waals surface area contributed by atoms with E-state index in [0.29, 0.717) is 25.8 Å². The Hall–Kier alpha value is -4.36. The molecule has 14 N–H and O–H groups in total. The lowest BCUT2D eigenvalue weighted by molar-refractivity contribution is -0.142. The maximum Gasteiger partial charge on any atom is 0.326 e. The first-order valence-corrected chi connectivity index (χ1v) is 18.5. The van der Waals surface area contributed by atoms with Gasteiger partial charge in [0.1, 0.15) is 36.3 Å². The number of aliphatic hydroxyl groups is 1. The van der Waals surface area contributed by atoms with E-state index in [1.807, 2.05) is 6.92 Å². The molecule has 0 aromatic rings. The Morgan fingerprint density at radius 2 is 1.09 bits per heavy atom. The molecule has 0 rings (SSSR count). The van der Waals surface area contributed by atoms with Gasteiger partial charge in [-0.3, -0.25) is 33.6 Å². The van der Waals surface area contributed by atoms with Gasteiger partial charge in [-0.2, -0.15) is 0 Å². The molecule has 19 heteroatoms. The largest absolute Gasteiger partial charge is 0.480 e. The lowest BCUT2D eigenvalue weighted by Gasteiger charge is -2.30. The number of hydrogen-bond acceptors (Lipinski definition) is 11. The van der Waals surface area contributed by atoms with Crippen LogP contribution in [0, 0.1) is 23.7 Å². The first-order valence-electron chi connectivity index (χ1n) is 18.5. The predicted octanol–water partition coefficient (Wildman–Crippen LogP) is -2.29. The van der Waals surface area contributed by atoms with Gasteiger partial charge in [-0.05, 0) is 55.9 Å². The van der Waals surface area contributed by atoms with E-state index in [0.717, 1.165) is 0 Å². The zero-order valence-electron chi connectivity index (χ0n) is 32.9. The van der Waals surface area contributed by atoms with Crippen LogP contribution in [0.25, 0.3) is 0 Å². The highest BCUT2D eigenvalue weighted by molar-refractivity contribution is 5.98. The van der Waals surface area contributed by atoms with Crippen LogP contribution in [0.2, 0.25) is 0 Å². The van der Waals surface area contributed by atoms with Gasteiger partial charge < -0.3 is 59.3 Å². The highest BCUT2D eigenvalue weighted by atomic mass is 16.4. The van der Waals surface area contributed by atoms with Gasteiger partial charge in [0.25, 0.3) is 0 Å². The van der Waals surface area contributed by atoms with Crippen molar-refractivity contribution < 1.29 is 48.6 Å². The second-order valence-electron chi connectivity index (χ2n) is 14.7. The van der Waals surface area contributed by atoms with Gasteiger partial charge in [-0.25, -0.2) is 4.79 Å². The molecule has 0 aliphatic carbocycles. The molecule has 0 aliphatic heterocycles. The van der Waals surface area contributed by atoms with Crippen LogP contribution in [-0.2, 0) is 38.4 Å². The summed E-state index contributed by atoms with van der Waals surface area (Å²) in [5, 5.41) is 34.4. The summed E-state index contributed by atoms with van der Waals surface area (Å²) in [5.41, 5.74) is 16.8. The van der Waals surface area contributed by atoms with Crippen LogP contribution in [0.1, 0.15) is 93.9 Å². The minimum Gasteiger partial charge on any atom is -0.480 e. The molecule has 0 bridgehead atoms. The molecule has 0 fully saturated rings. The van der Waals surface area contributed by atoms with Gasteiger partial charge >= 0.3 is 5.97 Å². The number of aliphatic carboxylic acids is 1. The number of carboxylic acids is 1. The maximum absolute atomic E-state index is 13.5. The van der Waals surface area contributed by atoms with Gasteiger partial charge in [-0.1, -0.05) is 61.8 Å². The number of nitrogens with two attached hydrogens (primary N) is 3. The molecule has 7 amide bonds. The lowest BCUT2D eigenvalue weighted by atomic mass is 9.95. The first kappa shape index (κ1) is 49.6. The standard InChI is InChI=1S/C35H65N9O10/c1-9-20(8)28(44-32(50)26(38)18(4)5)34(52)43-27(19(6)7)33(51)41-23(15-25(37)46)30(48)42-24(16-45)31(49)40-22(14-17(2)3)29(47)39-21(35(53)54)12-10-11-13-36/h17-24,26-28,45H,9-16,36,38H2,1-8H3,(H2,37,46)(H,39,47)(H,40,49)(H,41,51)(H,42,48)(H,43,52)(H,44,50)(H,53,54)/t20-,21-,22-,23-,24-,26-,27-,28-/m0/s1. The number of rotatable bonds is 26. The van der Waals surface area contributed by atoms with Crippen molar-refractivity contribution in [3.63, 3.8) is 0 Å². The fourth-order valence-electron chi connectivity index (χ4n) is 5.17. The first-order chi connectivity index (χ1) is 25.1. The Morgan fingerprint density at radius 3 is 1.56 bits per heavy atom. The molecule has 310 valence electrons. The normalized spacial score (nSPS) is 15.8. The molecule has 54 heavy (non-hydrogen) atoms. The topological polar surface area (TPSA) is 327 Å². The van der Waals surface area contributed by atoms with Gasteiger partial charge in [0.05, 0.1) is 19.1 Å². The average Bonchev–Trinajstić information content (AvgIpc) is 3.08. The van der Waals surface area contributed by atoms with E-state index >= 15 is 0 Å². The molecule has 0 heterocycles. The third-order valence-electron chi connectivity index (χ3n) is 8.82. The van der Waals surface area contributed by atoms with Crippen LogP contribution in [-0.4, -0.2) is 113 Å². The van der Waals surface area contributed by atoms with E-state index in [4.69, 9.17) is 17.2 Å². The maximum atomic E-state index is 13.5. The molecule has 0 saturated heterocycles. The molecule has 0 unspecified atom stereocenters. The van der Waals surface area contributed by atoms with Crippen LogP contribution < -0.4 is 49.1 Å². The fraction of sp³-hybridized carbons (Fsp3) is 0.771. The molecule has 0 saturated carbocycles. The van der Waals surface area contributed by atoms with Crippen molar-refractivity contribution in [1.82, 2.24) is 31.9 Å². The fourth-order valence-corrected chi connectivity index (χ4v) is 5.17. The van der Waals surface area contributed by atoms with Crippen LogP contribution in [0.15, 0.2) is 0 Å². The summed E-state index contributed by atoms with van der Waals surface area (Å²) in [6.45, 7) is 13.2. The molecule has 8 atom stereocenters. The third kappa shape index (κ3) is 17.6. The minimum atomic E-state index is -1.68. The monoisotopic (exact) mass is 771 g/mol. The van der Waals surface area contributed by atoms with E-state index in [1.165, 1.54) is 0 Å². The van der Waals surface area contributed by atoms with Crippen molar-refractivity contribution in [2.75, 3.05) is 13.2 Å². The van der Waals surface area contributed by atoms with Crippen molar-refractivity contribution >= 4 is 47.3 Å². The van der Waals surface area contributed by atoms with E-state index in [1.54, 1.807) is 48.5 Å². The number of primary amides is 1. The highest BCUT2D eigenvalue weighted by Gasteiger charge is 2.36. The van der Waals surface area contributed by atoms with Gasteiger partial charge in [0, 0.05) is 0 Å². The molecular formula is C35H65N9O10. The van der Waals surface area contributed by atoms with Crippen LogP contribution in [0.5, 0.6) is 0 Å². The van der Waals surface area contributed by atoms with Crippen LogP contribution in [0.4, 0.5) is 0 Å². The third-order valence-corrected chi connectivity index (χ3v) is 8.82. The summed E-state index contributed by atoms with van der Waals surface area (Å²) in [5.74, 6) is -8.54. The summed E-state index contributed by atoms with van der Waals surface area (Å²) in [6, 6.07) is -9.03. The number of carbonyl (C=O) groups is 8. The highest BCUT2D eigenvalue weighted by Crippen LogP contribution is 2.12. The number of carboxylic acid groups (broad SMARTS) is 1. The summed E-state index contributed by atoms with van der Waals surface area (Å²) in [4.78, 5) is 103. The Kier molecular flexibility index (Phi) is 22.9. The van der Waals surface area contributed by atoms with E-state index < -0.39 is 109 Å². The predicted molar refractivity (Wildman–Crippen MR) is 200 cm³/mol. The Bertz CT molecular complexity index is 1280. The van der Waals surface area contributed by atoms with Crippen molar-refractivity contribution in [3.05, 3.63) is 0 Å². The molecule has 0 aliphatic rings. The van der Waals surface area contributed by atoms with Gasteiger partial charge in [0.2, 0.25) is 41.4 Å². The zero-order chi connectivity index (χ0) is 41.9. The zero-order valence-corrected chi connectivity index (χ0v) is 32.9. The quantitative estimate of drug-likeness (QED) is 0.0414. The van der Waals surface area contributed by atoms with E-state index in [-0.39, 0.29) is 30.6 Å². The van der Waals surface area contributed by atoms with Crippen molar-refractivity contribution in [2.45, 2.75) is 136 Å². The van der Waals surface area contributed by atoms with Gasteiger partial charge in [-0.15, -0.1) is 0 Å². The molecule has 19 nitrogen and oxygen atoms in total. The minimum absolute atomic E-state index is 0.0770. The Labute approximate surface area is 317 Å². The summed E-state index contributed by atoms with van der Waals surface area (Å²) < 4.78 is 0. The summed E-state index contributed by atoms with van der Waals surface area (Å²) in [6.07, 6.45) is 0.925. The van der Waals surface area contributed by atoms with Crippen LogP contribution in [0.3, 0.4) is 0 Å². The van der Waals surface area contributed by atoms with Crippen molar-refractivity contribution in [3.8, 4) is 0 Å². The number of hydrogen-bond donors (Lipinski definition) is 11. The van der Waals surface area contributed by atoms with E-state index in [2.05, 4.69) is 31.9 Å². The number of amides is 7. The second-order valence-corrected chi connectivity index (χ2v) is 14.7. The number of unbranched alkanes of at least 4 members (excludes halogenated alkanes) is 1. The lowest BCUT2D eigenvalue weighted by Crippen LogP contribution is -2.62. The SMILES string of the molecule is CC[C@H](C)[C@H](NC(=O)[C@@H](N)C(C)C)C(=O)N[C@H](C(=O)N[C@@H](CC(N)=O)C(=O)N[C@@H](CO)C(=O)N[C@@H](CC(C)C)C(=O)N[C@@H](CCCCN)C(=O)O)C(C)C. The van der Waals surface area contributed by atoms with E-state index in [9.17, 15) is 48.6 Å². The van der Waals surface area contributed by atoms with Crippen molar-refractivity contribution in [2.24, 2.45) is 40.9 Å². The Morgan fingerprint density at radius 1 is 0.611 bits per heavy atom. The molecule has 0 aromatic carbocycles. The number of nitrogens with one attached hydrogen (secondary N) is 6. The Balaban J connectivity index is 6.07. The molecular weight excluding hydrogens is 706 g/mol. The number of carbonyl (C=O) groups excluding carboxylic acids is 7. The molecule has 0 radical (unpaired) electrons. The van der Waals surface area contributed by atoms with Crippen molar-refractivity contribution in [1.29, 1.82) is 0 Å². The summed E-state index contributed by atoms with van der Waals surface area (Å²) in [7, 11) is 0. The molecule has 0 spiro atoms. The van der Waals surface area contributed by atoms with Gasteiger partial charge in [0.15, 0.2) is 0 Å². The molecule has 0 aromatic heterocycles. The second kappa shape index (κ2) is 24.9. The number of aliphatic hydroxyl groups excluding tert-OH is 1. The summed E-state index contributed by atoms with van der Waals surface area (Å²) >= 11 is 0. The smallest absolute Gasteiger partial charge is 0.326 e. The van der Waals surface area contributed by atoms with Crippen LogP contribution >= 0.6 is 0 Å². The average molecular weight is 772 g/mol.